The molecule has 0 radical (unpaired) electrons. The van der Waals surface area contributed by atoms with Crippen LogP contribution in [0.4, 0.5) is 0 Å². The molecule has 1 heterocycles. The summed E-state index contributed by atoms with van der Waals surface area (Å²) >= 11 is 0. The second-order valence-electron chi connectivity index (χ2n) is 7.61. The molecule has 1 fully saturated rings. The Labute approximate surface area is 148 Å². The van der Waals surface area contributed by atoms with Crippen molar-refractivity contribution in [2.75, 3.05) is 46.4 Å². The maximum Gasteiger partial charge on any atom is 0.0639 e. The van der Waals surface area contributed by atoms with Crippen LogP contribution in [0.15, 0.2) is 30.3 Å². The molecule has 0 bridgehead atoms. The van der Waals surface area contributed by atoms with E-state index in [4.69, 9.17) is 4.74 Å². The maximum atomic E-state index is 6.07. The van der Waals surface area contributed by atoms with Crippen molar-refractivity contribution in [3.63, 3.8) is 0 Å². The van der Waals surface area contributed by atoms with Gasteiger partial charge in [-0.3, -0.25) is 4.90 Å². The van der Waals surface area contributed by atoms with Crippen molar-refractivity contribution in [3.05, 3.63) is 35.9 Å². The first kappa shape index (κ1) is 19.4. The van der Waals surface area contributed by atoms with E-state index >= 15 is 0 Å². The average Bonchev–Trinajstić information content (AvgIpc) is 2.60. The lowest BCUT2D eigenvalue weighted by Crippen LogP contribution is -2.47. The summed E-state index contributed by atoms with van der Waals surface area (Å²) in [7, 11) is 1.98. The second-order valence-corrected chi connectivity index (χ2v) is 7.61. The van der Waals surface area contributed by atoms with Gasteiger partial charge in [-0.25, -0.2) is 0 Å². The monoisotopic (exact) mass is 333 g/mol. The quantitative estimate of drug-likeness (QED) is 0.752. The number of ether oxygens (including phenoxy) is 1. The highest BCUT2D eigenvalue weighted by molar-refractivity contribution is 5.14. The molecule has 1 atom stereocenters. The molecule has 1 aromatic rings. The van der Waals surface area contributed by atoms with E-state index in [9.17, 15) is 0 Å². The van der Waals surface area contributed by atoms with Gasteiger partial charge in [-0.15, -0.1) is 0 Å². The lowest BCUT2D eigenvalue weighted by molar-refractivity contribution is -0.0381. The fourth-order valence-electron chi connectivity index (χ4n) is 2.95. The Morgan fingerprint density at radius 1 is 1.08 bits per heavy atom. The summed E-state index contributed by atoms with van der Waals surface area (Å²) in [6, 6.07) is 11.2. The Kier molecular flexibility index (Phi) is 7.69. The van der Waals surface area contributed by atoms with Crippen LogP contribution in [-0.2, 0) is 11.3 Å². The van der Waals surface area contributed by atoms with Gasteiger partial charge in [0.05, 0.1) is 12.2 Å². The van der Waals surface area contributed by atoms with Gasteiger partial charge in [0.2, 0.25) is 0 Å². The topological polar surface area (TPSA) is 27.7 Å². The average molecular weight is 334 g/mol. The number of hydrogen-bond donors (Lipinski definition) is 1. The van der Waals surface area contributed by atoms with Gasteiger partial charge in [0.25, 0.3) is 0 Å². The molecule has 4 heteroatoms. The van der Waals surface area contributed by atoms with Crippen LogP contribution in [-0.4, -0.2) is 67.8 Å². The molecule has 2 rings (SSSR count). The van der Waals surface area contributed by atoms with Crippen LogP contribution in [0.3, 0.4) is 0 Å². The van der Waals surface area contributed by atoms with Crippen LogP contribution >= 0.6 is 0 Å². The molecule has 0 saturated carbocycles. The molecule has 1 N–H and O–H groups in total. The minimum Gasteiger partial charge on any atom is -0.374 e. The van der Waals surface area contributed by atoms with Crippen molar-refractivity contribution in [2.24, 2.45) is 0 Å². The number of likely N-dealkylation sites (N-methyl/N-ethyl adjacent to an activating group) is 1. The predicted molar refractivity (Wildman–Crippen MR) is 101 cm³/mol. The zero-order valence-corrected chi connectivity index (χ0v) is 15.9. The largest absolute Gasteiger partial charge is 0.374 e. The zero-order chi connectivity index (χ0) is 17.4. The third-order valence-electron chi connectivity index (χ3n) is 4.96. The van der Waals surface area contributed by atoms with Gasteiger partial charge in [-0.2, -0.15) is 0 Å². The zero-order valence-electron chi connectivity index (χ0n) is 15.9. The van der Waals surface area contributed by atoms with Gasteiger partial charge < -0.3 is 15.0 Å². The number of nitrogens with one attached hydrogen (secondary N) is 1. The third-order valence-corrected chi connectivity index (χ3v) is 4.96. The predicted octanol–water partition coefficient (Wildman–Crippen LogP) is 2.60. The fraction of sp³-hybridized carbons (Fsp3) is 0.700. The Morgan fingerprint density at radius 3 is 2.33 bits per heavy atom. The highest BCUT2D eigenvalue weighted by Crippen LogP contribution is 2.17. The number of nitrogens with zero attached hydrogens (tertiary/aromatic N) is 2. The molecule has 0 aliphatic carbocycles. The van der Waals surface area contributed by atoms with Crippen LogP contribution in [0, 0.1) is 0 Å². The SMILES string of the molecule is CNC(C)COC(C)(C)CCN1CCN(Cc2ccccc2)CC1. The lowest BCUT2D eigenvalue weighted by atomic mass is 10.0. The van der Waals surface area contributed by atoms with E-state index < -0.39 is 0 Å². The summed E-state index contributed by atoms with van der Waals surface area (Å²) in [5.41, 5.74) is 1.37. The van der Waals surface area contributed by atoms with Crippen molar-refractivity contribution in [1.29, 1.82) is 0 Å². The van der Waals surface area contributed by atoms with Gasteiger partial charge in [-0.05, 0) is 39.8 Å². The van der Waals surface area contributed by atoms with Gasteiger partial charge in [0.1, 0.15) is 0 Å². The highest BCUT2D eigenvalue weighted by Gasteiger charge is 2.23. The molecular weight excluding hydrogens is 298 g/mol. The maximum absolute atomic E-state index is 6.07. The molecule has 1 aromatic carbocycles. The van der Waals surface area contributed by atoms with E-state index in [1.54, 1.807) is 0 Å². The first-order valence-corrected chi connectivity index (χ1v) is 9.28. The smallest absolute Gasteiger partial charge is 0.0639 e. The molecule has 136 valence electrons. The van der Waals surface area contributed by atoms with Crippen LogP contribution in [0.1, 0.15) is 32.8 Å². The third kappa shape index (κ3) is 6.89. The van der Waals surface area contributed by atoms with Gasteiger partial charge in [-0.1, -0.05) is 30.3 Å². The Morgan fingerprint density at radius 2 is 1.71 bits per heavy atom. The standard InChI is InChI=1S/C20H35N3O/c1-18(21-4)17-24-20(2,3)10-11-22-12-14-23(15-13-22)16-19-8-6-5-7-9-19/h5-9,18,21H,10-17H2,1-4H3. The molecular formula is C20H35N3O. The van der Waals surface area contributed by atoms with Gasteiger partial charge in [0, 0.05) is 45.3 Å². The van der Waals surface area contributed by atoms with Crippen molar-refractivity contribution in [3.8, 4) is 0 Å². The molecule has 1 aliphatic heterocycles. The summed E-state index contributed by atoms with van der Waals surface area (Å²) in [6.07, 6.45) is 1.09. The Bertz CT molecular complexity index is 455. The van der Waals surface area contributed by atoms with E-state index in [0.29, 0.717) is 6.04 Å². The minimum absolute atomic E-state index is 0.0493. The normalized spacial score (nSPS) is 18.7. The molecule has 1 unspecified atom stereocenters. The van der Waals surface area contributed by atoms with Gasteiger partial charge in [0.15, 0.2) is 0 Å². The summed E-state index contributed by atoms with van der Waals surface area (Å²) in [5.74, 6) is 0. The lowest BCUT2D eigenvalue weighted by Gasteiger charge is -2.36. The number of hydrogen-bond acceptors (Lipinski definition) is 4. The van der Waals surface area contributed by atoms with E-state index in [0.717, 1.165) is 52.3 Å². The molecule has 0 aromatic heterocycles. The van der Waals surface area contributed by atoms with E-state index in [2.05, 4.69) is 66.2 Å². The summed E-state index contributed by atoms with van der Waals surface area (Å²) < 4.78 is 6.07. The number of piperazine rings is 1. The molecule has 1 aliphatic rings. The van der Waals surface area contributed by atoms with Crippen molar-refractivity contribution in [1.82, 2.24) is 15.1 Å². The minimum atomic E-state index is -0.0493. The first-order valence-electron chi connectivity index (χ1n) is 9.28. The Balaban J connectivity index is 1.65. The van der Waals surface area contributed by atoms with Crippen molar-refractivity contribution < 1.29 is 4.74 Å². The molecule has 0 amide bonds. The Hall–Kier alpha value is -0.940. The first-order chi connectivity index (χ1) is 11.5. The van der Waals surface area contributed by atoms with Crippen molar-refractivity contribution in [2.45, 2.75) is 45.4 Å². The van der Waals surface area contributed by atoms with Crippen molar-refractivity contribution >= 4 is 0 Å². The fourth-order valence-corrected chi connectivity index (χ4v) is 2.95. The van der Waals surface area contributed by atoms with Crippen LogP contribution in [0.25, 0.3) is 0 Å². The van der Waals surface area contributed by atoms with Crippen LogP contribution in [0.2, 0.25) is 0 Å². The van der Waals surface area contributed by atoms with E-state index in [1.807, 2.05) is 7.05 Å². The van der Waals surface area contributed by atoms with E-state index in [-0.39, 0.29) is 5.60 Å². The van der Waals surface area contributed by atoms with Gasteiger partial charge >= 0.3 is 0 Å². The van der Waals surface area contributed by atoms with Crippen LogP contribution in [0.5, 0.6) is 0 Å². The summed E-state index contributed by atoms with van der Waals surface area (Å²) in [6.45, 7) is 14.2. The second kappa shape index (κ2) is 9.52. The molecule has 0 spiro atoms. The highest BCUT2D eigenvalue weighted by atomic mass is 16.5. The molecule has 4 nitrogen and oxygen atoms in total. The van der Waals surface area contributed by atoms with Crippen LogP contribution < -0.4 is 5.32 Å². The number of benzene rings is 1. The summed E-state index contributed by atoms with van der Waals surface area (Å²) in [5, 5.41) is 3.23. The molecule has 1 saturated heterocycles. The molecule has 24 heavy (non-hydrogen) atoms. The van der Waals surface area contributed by atoms with E-state index in [1.165, 1.54) is 5.56 Å². The summed E-state index contributed by atoms with van der Waals surface area (Å²) in [4.78, 5) is 5.14. The number of rotatable bonds is 9.